The number of hydrogen-bond acceptors (Lipinski definition) is 5. The van der Waals surface area contributed by atoms with Crippen LogP contribution in [-0.4, -0.2) is 25.3 Å². The Kier molecular flexibility index (Phi) is 8.83. The lowest BCUT2D eigenvalue weighted by Crippen LogP contribution is -2.17. The molecule has 0 aromatic heterocycles. The first-order valence-electron chi connectivity index (χ1n) is 10.4. The van der Waals surface area contributed by atoms with E-state index in [4.69, 9.17) is 14.2 Å². The van der Waals surface area contributed by atoms with E-state index >= 15 is 0 Å². The van der Waals surface area contributed by atoms with Crippen molar-refractivity contribution < 1.29 is 23.4 Å². The van der Waals surface area contributed by atoms with Crippen LogP contribution in [0.5, 0.6) is 17.2 Å². The van der Waals surface area contributed by atoms with E-state index < -0.39 is 0 Å². The molecule has 33 heavy (non-hydrogen) atoms. The quantitative estimate of drug-likeness (QED) is 0.277. The van der Waals surface area contributed by atoms with Gasteiger partial charge >= 0.3 is 0 Å². The first-order chi connectivity index (χ1) is 16.0. The molecule has 6 nitrogen and oxygen atoms in total. The zero-order chi connectivity index (χ0) is 23.6. The van der Waals surface area contributed by atoms with E-state index in [1.807, 2.05) is 26.0 Å². The van der Waals surface area contributed by atoms with Gasteiger partial charge in [-0.25, -0.2) is 9.82 Å². The number of rotatable bonds is 10. The third-order valence-electron chi connectivity index (χ3n) is 4.45. The van der Waals surface area contributed by atoms with Crippen LogP contribution < -0.4 is 19.6 Å². The molecule has 0 bridgehead atoms. The molecule has 3 aromatic carbocycles. The lowest BCUT2D eigenvalue weighted by molar-refractivity contribution is 0.0954. The second-order valence-electron chi connectivity index (χ2n) is 6.83. The molecule has 3 aromatic rings. The monoisotopic (exact) mass is 514 g/mol. The highest BCUT2D eigenvalue weighted by atomic mass is 79.9. The maximum atomic E-state index is 13.0. The van der Waals surface area contributed by atoms with E-state index in [9.17, 15) is 9.18 Å². The summed E-state index contributed by atoms with van der Waals surface area (Å²) >= 11 is 3.47. The van der Waals surface area contributed by atoms with E-state index in [0.29, 0.717) is 42.6 Å². The van der Waals surface area contributed by atoms with E-state index in [0.717, 1.165) is 15.6 Å². The molecular weight excluding hydrogens is 491 g/mol. The smallest absolute Gasteiger partial charge is 0.271 e. The van der Waals surface area contributed by atoms with Crippen molar-refractivity contribution in [2.75, 3.05) is 13.2 Å². The van der Waals surface area contributed by atoms with Crippen LogP contribution in [0.25, 0.3) is 0 Å². The number of benzene rings is 3. The Morgan fingerprint density at radius 3 is 2.33 bits per heavy atom. The fourth-order valence-corrected chi connectivity index (χ4v) is 3.39. The highest BCUT2D eigenvalue weighted by molar-refractivity contribution is 9.10. The van der Waals surface area contributed by atoms with Crippen molar-refractivity contribution in [2.24, 2.45) is 5.10 Å². The molecule has 8 heteroatoms. The summed E-state index contributed by atoms with van der Waals surface area (Å²) in [5.74, 6) is 1.09. The normalized spacial score (nSPS) is 10.8. The van der Waals surface area contributed by atoms with Crippen molar-refractivity contribution in [2.45, 2.75) is 20.5 Å². The Bertz CT molecular complexity index is 1120. The van der Waals surface area contributed by atoms with Crippen molar-refractivity contribution in [3.05, 3.63) is 87.6 Å². The first kappa shape index (κ1) is 24.3. The summed E-state index contributed by atoms with van der Waals surface area (Å²) in [7, 11) is 0. The number of hydrogen-bond donors (Lipinski definition) is 1. The molecule has 172 valence electrons. The number of ether oxygens (including phenoxy) is 3. The molecule has 0 aliphatic rings. The van der Waals surface area contributed by atoms with Crippen LogP contribution in [0.2, 0.25) is 0 Å². The fourth-order valence-electron chi connectivity index (χ4n) is 2.88. The molecule has 0 saturated heterocycles. The summed E-state index contributed by atoms with van der Waals surface area (Å²) in [6, 6.07) is 16.5. The number of hydrazone groups is 1. The SMILES string of the molecule is CCOc1ccc(C(=O)N/N=C/c2ccc(OCc3ccc(F)cc3)c(Br)c2)cc1OCC. The van der Waals surface area contributed by atoms with E-state index in [1.165, 1.54) is 18.3 Å². The van der Waals surface area contributed by atoms with Crippen LogP contribution in [-0.2, 0) is 6.61 Å². The minimum absolute atomic E-state index is 0.284. The number of carbonyl (C=O) groups excluding carboxylic acids is 1. The van der Waals surface area contributed by atoms with Gasteiger partial charge in [-0.15, -0.1) is 0 Å². The van der Waals surface area contributed by atoms with Crippen LogP contribution in [0, 0.1) is 5.82 Å². The Morgan fingerprint density at radius 2 is 1.64 bits per heavy atom. The topological polar surface area (TPSA) is 69.2 Å². The standard InChI is InChI=1S/C25H24BrFN2O4/c1-3-31-23-12-8-19(14-24(23)32-4-2)25(30)29-28-15-18-7-11-22(21(26)13-18)33-16-17-5-9-20(27)10-6-17/h5-15H,3-4,16H2,1-2H3,(H,29,30)/b28-15+. The molecular formula is C25H24BrFN2O4. The summed E-state index contributed by atoms with van der Waals surface area (Å²) in [6.07, 6.45) is 1.53. The lowest BCUT2D eigenvalue weighted by atomic mass is 10.2. The van der Waals surface area contributed by atoms with Gasteiger partial charge in [-0.2, -0.15) is 5.10 Å². The number of nitrogens with one attached hydrogen (secondary N) is 1. The average Bonchev–Trinajstić information content (AvgIpc) is 2.81. The molecule has 1 N–H and O–H groups in total. The Morgan fingerprint density at radius 1 is 0.939 bits per heavy atom. The van der Waals surface area contributed by atoms with Crippen LogP contribution in [0.15, 0.2) is 70.2 Å². The zero-order valence-electron chi connectivity index (χ0n) is 18.3. The maximum Gasteiger partial charge on any atom is 0.271 e. The number of amides is 1. The van der Waals surface area contributed by atoms with Crippen LogP contribution >= 0.6 is 15.9 Å². The minimum Gasteiger partial charge on any atom is -0.490 e. The van der Waals surface area contributed by atoms with Gasteiger partial charge in [0, 0.05) is 5.56 Å². The van der Waals surface area contributed by atoms with Gasteiger partial charge in [0.05, 0.1) is 23.9 Å². The van der Waals surface area contributed by atoms with Gasteiger partial charge in [0.15, 0.2) is 11.5 Å². The van der Waals surface area contributed by atoms with Crippen molar-refractivity contribution in [3.8, 4) is 17.2 Å². The molecule has 1 amide bonds. The number of nitrogens with zero attached hydrogens (tertiary/aromatic N) is 1. The van der Waals surface area contributed by atoms with E-state index in [2.05, 4.69) is 26.5 Å². The van der Waals surface area contributed by atoms with Gasteiger partial charge in [-0.05, 0) is 89.4 Å². The molecule has 0 unspecified atom stereocenters. The molecule has 0 aliphatic heterocycles. The first-order valence-corrected chi connectivity index (χ1v) is 11.2. The van der Waals surface area contributed by atoms with Gasteiger partial charge in [0.25, 0.3) is 5.91 Å². The Balaban J connectivity index is 1.59. The zero-order valence-corrected chi connectivity index (χ0v) is 19.9. The largest absolute Gasteiger partial charge is 0.490 e. The second kappa shape index (κ2) is 12.0. The Labute approximate surface area is 200 Å². The van der Waals surface area contributed by atoms with Gasteiger partial charge < -0.3 is 14.2 Å². The summed E-state index contributed by atoms with van der Waals surface area (Å²) in [5, 5.41) is 4.03. The molecule has 0 heterocycles. The number of carbonyl (C=O) groups is 1. The summed E-state index contributed by atoms with van der Waals surface area (Å²) < 4.78 is 30.6. The van der Waals surface area contributed by atoms with Gasteiger partial charge in [0.2, 0.25) is 0 Å². The Hall–Kier alpha value is -3.39. The van der Waals surface area contributed by atoms with Crippen molar-refractivity contribution in [1.82, 2.24) is 5.43 Å². The fraction of sp³-hybridized carbons (Fsp3) is 0.200. The van der Waals surface area contributed by atoms with Crippen molar-refractivity contribution in [3.63, 3.8) is 0 Å². The summed E-state index contributed by atoms with van der Waals surface area (Å²) in [6.45, 7) is 5.02. The highest BCUT2D eigenvalue weighted by Gasteiger charge is 2.11. The molecule has 0 fully saturated rings. The van der Waals surface area contributed by atoms with Crippen LogP contribution in [0.1, 0.15) is 35.3 Å². The van der Waals surface area contributed by atoms with Crippen LogP contribution in [0.3, 0.4) is 0 Å². The third-order valence-corrected chi connectivity index (χ3v) is 5.07. The molecule has 0 atom stereocenters. The van der Waals surface area contributed by atoms with Gasteiger partial charge in [-0.1, -0.05) is 12.1 Å². The van der Waals surface area contributed by atoms with E-state index in [1.54, 1.807) is 36.4 Å². The molecule has 0 radical (unpaired) electrons. The van der Waals surface area contributed by atoms with Gasteiger partial charge in [-0.3, -0.25) is 4.79 Å². The van der Waals surface area contributed by atoms with Crippen molar-refractivity contribution in [1.29, 1.82) is 0 Å². The van der Waals surface area contributed by atoms with Gasteiger partial charge in [0.1, 0.15) is 18.2 Å². The predicted octanol–water partition coefficient (Wildman–Crippen LogP) is 5.73. The molecule has 3 rings (SSSR count). The highest BCUT2D eigenvalue weighted by Crippen LogP contribution is 2.29. The second-order valence-corrected chi connectivity index (χ2v) is 7.69. The maximum absolute atomic E-state index is 13.0. The average molecular weight is 515 g/mol. The number of halogens is 2. The summed E-state index contributed by atoms with van der Waals surface area (Å²) in [5.41, 5.74) is 4.54. The minimum atomic E-state index is -0.367. The van der Waals surface area contributed by atoms with Crippen LogP contribution in [0.4, 0.5) is 4.39 Å². The van der Waals surface area contributed by atoms with E-state index in [-0.39, 0.29) is 11.7 Å². The molecule has 0 aliphatic carbocycles. The lowest BCUT2D eigenvalue weighted by Gasteiger charge is -2.11. The predicted molar refractivity (Wildman–Crippen MR) is 129 cm³/mol. The third kappa shape index (κ3) is 7.05. The van der Waals surface area contributed by atoms with Crippen molar-refractivity contribution >= 4 is 28.1 Å². The molecule has 0 spiro atoms. The molecule has 0 saturated carbocycles. The summed E-state index contributed by atoms with van der Waals surface area (Å²) in [4.78, 5) is 12.4.